The highest BCUT2D eigenvalue weighted by Crippen LogP contribution is 2.16. The Bertz CT molecular complexity index is 406. The maximum Gasteiger partial charge on any atom is 0.323 e. The molecule has 0 bridgehead atoms. The quantitative estimate of drug-likeness (QED) is 0.615. The van der Waals surface area contributed by atoms with E-state index in [1.807, 2.05) is 0 Å². The molecule has 104 valence electrons. The minimum atomic E-state index is -3.71. The van der Waals surface area contributed by atoms with Gasteiger partial charge in [-0.25, -0.2) is 0 Å². The lowest BCUT2D eigenvalue weighted by Crippen LogP contribution is -2.61. The van der Waals surface area contributed by atoms with Crippen LogP contribution in [0, 0.1) is 0 Å². The fourth-order valence-electron chi connectivity index (χ4n) is 2.10. The van der Waals surface area contributed by atoms with Gasteiger partial charge < -0.3 is 15.2 Å². The van der Waals surface area contributed by atoms with E-state index in [9.17, 15) is 13.2 Å². The SMILES string of the molecule is O=C(O)C1CNCCN1S(=O)(=O)N1CCOCC1. The van der Waals surface area contributed by atoms with Crippen molar-refractivity contribution in [1.29, 1.82) is 0 Å². The molecule has 2 aliphatic rings. The van der Waals surface area contributed by atoms with Crippen LogP contribution < -0.4 is 5.32 Å². The fraction of sp³-hybridized carbons (Fsp3) is 0.889. The largest absolute Gasteiger partial charge is 0.480 e. The van der Waals surface area contributed by atoms with E-state index in [4.69, 9.17) is 9.84 Å². The molecule has 2 rings (SSSR count). The van der Waals surface area contributed by atoms with Gasteiger partial charge >= 0.3 is 5.97 Å². The number of carbonyl (C=O) groups is 1. The van der Waals surface area contributed by atoms with Crippen molar-refractivity contribution in [2.24, 2.45) is 0 Å². The number of morpholine rings is 1. The van der Waals surface area contributed by atoms with Crippen molar-refractivity contribution in [3.8, 4) is 0 Å². The summed E-state index contributed by atoms with van der Waals surface area (Å²) in [5.41, 5.74) is 0. The Balaban J connectivity index is 2.18. The minimum Gasteiger partial charge on any atom is -0.480 e. The number of carboxylic acid groups (broad SMARTS) is 1. The zero-order chi connectivity index (χ0) is 13.2. The molecule has 9 heteroatoms. The van der Waals surface area contributed by atoms with Crippen LogP contribution in [0.5, 0.6) is 0 Å². The molecule has 1 atom stereocenters. The Labute approximate surface area is 106 Å². The van der Waals surface area contributed by atoms with E-state index in [2.05, 4.69) is 5.32 Å². The maximum atomic E-state index is 12.4. The molecule has 0 aromatic carbocycles. The second kappa shape index (κ2) is 5.49. The van der Waals surface area contributed by atoms with E-state index < -0.39 is 22.2 Å². The zero-order valence-electron chi connectivity index (χ0n) is 9.91. The summed E-state index contributed by atoms with van der Waals surface area (Å²) < 4.78 is 32.2. The van der Waals surface area contributed by atoms with E-state index in [0.717, 1.165) is 4.31 Å². The molecule has 18 heavy (non-hydrogen) atoms. The van der Waals surface area contributed by atoms with Gasteiger partial charge in [0.15, 0.2) is 0 Å². The number of nitrogens with zero attached hydrogens (tertiary/aromatic N) is 2. The average Bonchev–Trinajstić information content (AvgIpc) is 2.39. The highest BCUT2D eigenvalue weighted by atomic mass is 32.2. The first kappa shape index (κ1) is 13.7. The van der Waals surface area contributed by atoms with Crippen LogP contribution in [0.4, 0.5) is 0 Å². The normalized spacial score (nSPS) is 28.1. The van der Waals surface area contributed by atoms with Gasteiger partial charge in [-0.15, -0.1) is 0 Å². The number of piperazine rings is 1. The number of ether oxygens (including phenoxy) is 1. The standard InChI is InChI=1S/C9H17N3O5S/c13-9(14)8-7-10-1-2-12(8)18(15,16)11-3-5-17-6-4-11/h8,10H,1-7H2,(H,13,14). The van der Waals surface area contributed by atoms with Crippen molar-refractivity contribution >= 4 is 16.2 Å². The van der Waals surface area contributed by atoms with E-state index in [0.29, 0.717) is 19.8 Å². The van der Waals surface area contributed by atoms with Gasteiger partial charge in [0, 0.05) is 32.7 Å². The molecule has 2 N–H and O–H groups in total. The van der Waals surface area contributed by atoms with Crippen LogP contribution in [-0.2, 0) is 19.7 Å². The summed E-state index contributed by atoms with van der Waals surface area (Å²) in [7, 11) is -3.71. The van der Waals surface area contributed by atoms with Gasteiger partial charge in [0.25, 0.3) is 10.2 Å². The lowest BCUT2D eigenvalue weighted by atomic mass is 10.2. The monoisotopic (exact) mass is 279 g/mol. The Morgan fingerprint density at radius 3 is 2.56 bits per heavy atom. The molecule has 0 aliphatic carbocycles. The first-order valence-electron chi connectivity index (χ1n) is 5.81. The first-order valence-corrected chi connectivity index (χ1v) is 7.21. The molecule has 0 aromatic heterocycles. The Morgan fingerprint density at radius 2 is 1.94 bits per heavy atom. The number of rotatable bonds is 3. The van der Waals surface area contributed by atoms with Crippen molar-refractivity contribution in [2.75, 3.05) is 45.9 Å². The molecule has 0 aromatic rings. The number of hydrogen-bond acceptors (Lipinski definition) is 5. The van der Waals surface area contributed by atoms with Crippen molar-refractivity contribution < 1.29 is 23.1 Å². The van der Waals surface area contributed by atoms with Crippen LogP contribution in [-0.4, -0.2) is 80.1 Å². The molecule has 0 saturated carbocycles. The summed E-state index contributed by atoms with van der Waals surface area (Å²) >= 11 is 0. The summed E-state index contributed by atoms with van der Waals surface area (Å²) in [6.07, 6.45) is 0. The van der Waals surface area contributed by atoms with Crippen LogP contribution in [0.1, 0.15) is 0 Å². The molecule has 0 spiro atoms. The second-order valence-electron chi connectivity index (χ2n) is 4.19. The number of nitrogens with one attached hydrogen (secondary N) is 1. The van der Waals surface area contributed by atoms with Crippen molar-refractivity contribution in [1.82, 2.24) is 13.9 Å². The molecule has 0 amide bonds. The van der Waals surface area contributed by atoms with Gasteiger partial charge in [0.1, 0.15) is 6.04 Å². The topological polar surface area (TPSA) is 99.2 Å². The summed E-state index contributed by atoms with van der Waals surface area (Å²) in [6.45, 7) is 2.03. The van der Waals surface area contributed by atoms with Crippen molar-refractivity contribution in [3.63, 3.8) is 0 Å². The predicted molar refractivity (Wildman–Crippen MR) is 62.3 cm³/mol. The average molecular weight is 279 g/mol. The third-order valence-electron chi connectivity index (χ3n) is 3.07. The Hall–Kier alpha value is -0.740. The second-order valence-corrected chi connectivity index (χ2v) is 6.07. The molecule has 2 aliphatic heterocycles. The minimum absolute atomic E-state index is 0.138. The lowest BCUT2D eigenvalue weighted by Gasteiger charge is -2.37. The highest BCUT2D eigenvalue weighted by Gasteiger charge is 2.40. The van der Waals surface area contributed by atoms with Gasteiger partial charge in [-0.1, -0.05) is 0 Å². The number of carboxylic acids is 1. The van der Waals surface area contributed by atoms with Crippen LogP contribution in [0.3, 0.4) is 0 Å². The van der Waals surface area contributed by atoms with E-state index >= 15 is 0 Å². The maximum absolute atomic E-state index is 12.4. The Morgan fingerprint density at radius 1 is 1.28 bits per heavy atom. The zero-order valence-corrected chi connectivity index (χ0v) is 10.7. The van der Waals surface area contributed by atoms with Gasteiger partial charge in [-0.3, -0.25) is 4.79 Å². The molecule has 2 fully saturated rings. The third-order valence-corrected chi connectivity index (χ3v) is 5.12. The Kier molecular flexibility index (Phi) is 4.17. The highest BCUT2D eigenvalue weighted by molar-refractivity contribution is 7.86. The van der Waals surface area contributed by atoms with Gasteiger partial charge in [0.2, 0.25) is 0 Å². The van der Waals surface area contributed by atoms with Crippen molar-refractivity contribution in [2.45, 2.75) is 6.04 Å². The van der Waals surface area contributed by atoms with Crippen molar-refractivity contribution in [3.05, 3.63) is 0 Å². The molecular weight excluding hydrogens is 262 g/mol. The molecule has 2 heterocycles. The number of aliphatic carboxylic acids is 1. The summed E-state index contributed by atoms with van der Waals surface area (Å²) in [6, 6.07) is -1.04. The van der Waals surface area contributed by atoms with Gasteiger partial charge in [0.05, 0.1) is 13.2 Å². The molecular formula is C9H17N3O5S. The smallest absolute Gasteiger partial charge is 0.323 e. The summed E-state index contributed by atoms with van der Waals surface area (Å²) in [5.74, 6) is -1.13. The van der Waals surface area contributed by atoms with Crippen LogP contribution in [0.25, 0.3) is 0 Å². The van der Waals surface area contributed by atoms with Crippen LogP contribution in [0.2, 0.25) is 0 Å². The summed E-state index contributed by atoms with van der Waals surface area (Å²) in [4.78, 5) is 11.1. The molecule has 8 nitrogen and oxygen atoms in total. The fourth-order valence-corrected chi connectivity index (χ4v) is 3.81. The third kappa shape index (κ3) is 2.64. The van der Waals surface area contributed by atoms with E-state index in [1.165, 1.54) is 4.31 Å². The molecule has 2 saturated heterocycles. The molecule has 1 unspecified atom stereocenters. The van der Waals surface area contributed by atoms with Crippen LogP contribution >= 0.6 is 0 Å². The molecule has 0 radical (unpaired) electrons. The predicted octanol–water partition coefficient (Wildman–Crippen LogP) is -2.08. The first-order chi connectivity index (χ1) is 8.53. The lowest BCUT2D eigenvalue weighted by molar-refractivity contribution is -0.142. The van der Waals surface area contributed by atoms with E-state index in [1.54, 1.807) is 0 Å². The summed E-state index contributed by atoms with van der Waals surface area (Å²) in [5, 5.41) is 12.0. The van der Waals surface area contributed by atoms with Gasteiger partial charge in [-0.05, 0) is 0 Å². The number of hydrogen-bond donors (Lipinski definition) is 2. The van der Waals surface area contributed by atoms with Gasteiger partial charge in [-0.2, -0.15) is 17.0 Å². The van der Waals surface area contributed by atoms with Crippen LogP contribution in [0.15, 0.2) is 0 Å². The van der Waals surface area contributed by atoms with E-state index in [-0.39, 0.29) is 26.2 Å².